The quantitative estimate of drug-likeness (QED) is 0.424. The van der Waals surface area contributed by atoms with Crippen LogP contribution in [0.2, 0.25) is 0 Å². The van der Waals surface area contributed by atoms with Crippen LogP contribution in [0.4, 0.5) is 0 Å². The SMILES string of the molecule is COC(=O)/C=C/NC(=O)[C@@H](O)C(C)(C)CO. The fraction of sp³-hybridized carbons (Fsp3) is 0.600. The van der Waals surface area contributed by atoms with Crippen molar-refractivity contribution < 1.29 is 24.5 Å². The molecule has 0 saturated carbocycles. The Morgan fingerprint density at radius 1 is 1.50 bits per heavy atom. The van der Waals surface area contributed by atoms with Gasteiger partial charge < -0.3 is 20.3 Å². The van der Waals surface area contributed by atoms with Crippen LogP contribution < -0.4 is 5.32 Å². The summed E-state index contributed by atoms with van der Waals surface area (Å²) in [5.41, 5.74) is -0.941. The van der Waals surface area contributed by atoms with E-state index in [0.717, 1.165) is 12.3 Å². The van der Waals surface area contributed by atoms with Gasteiger partial charge in [-0.2, -0.15) is 0 Å². The Morgan fingerprint density at radius 2 is 2.06 bits per heavy atom. The Hall–Kier alpha value is -1.40. The molecule has 0 fully saturated rings. The van der Waals surface area contributed by atoms with E-state index in [2.05, 4.69) is 10.1 Å². The normalized spacial score (nSPS) is 13.6. The first-order valence-electron chi connectivity index (χ1n) is 4.69. The van der Waals surface area contributed by atoms with E-state index >= 15 is 0 Å². The van der Waals surface area contributed by atoms with E-state index in [-0.39, 0.29) is 6.61 Å². The van der Waals surface area contributed by atoms with E-state index in [4.69, 9.17) is 5.11 Å². The van der Waals surface area contributed by atoms with Gasteiger partial charge in [-0.3, -0.25) is 4.79 Å². The molecule has 6 heteroatoms. The average Bonchev–Trinajstić information content (AvgIpc) is 2.27. The summed E-state index contributed by atoms with van der Waals surface area (Å²) in [6, 6.07) is 0. The van der Waals surface area contributed by atoms with Gasteiger partial charge in [-0.25, -0.2) is 4.79 Å². The van der Waals surface area contributed by atoms with Crippen molar-refractivity contribution in [3.05, 3.63) is 12.3 Å². The number of carbonyl (C=O) groups is 2. The second-order valence-corrected chi connectivity index (χ2v) is 3.91. The van der Waals surface area contributed by atoms with E-state index in [9.17, 15) is 14.7 Å². The number of hydrogen-bond donors (Lipinski definition) is 3. The zero-order valence-electron chi connectivity index (χ0n) is 9.56. The summed E-state index contributed by atoms with van der Waals surface area (Å²) < 4.78 is 4.30. The van der Waals surface area contributed by atoms with E-state index in [1.54, 1.807) is 13.8 Å². The molecule has 0 rings (SSSR count). The lowest BCUT2D eigenvalue weighted by Gasteiger charge is -2.26. The van der Waals surface area contributed by atoms with Crippen molar-refractivity contribution in [2.75, 3.05) is 13.7 Å². The minimum Gasteiger partial charge on any atom is -0.466 e. The number of esters is 1. The molecule has 0 aromatic rings. The predicted octanol–water partition coefficient (Wildman–Crippen LogP) is -0.831. The van der Waals surface area contributed by atoms with Gasteiger partial charge >= 0.3 is 5.97 Å². The summed E-state index contributed by atoms with van der Waals surface area (Å²) in [6.45, 7) is 2.75. The van der Waals surface area contributed by atoms with Crippen LogP contribution in [0.1, 0.15) is 13.8 Å². The maximum Gasteiger partial charge on any atom is 0.331 e. The summed E-state index contributed by atoms with van der Waals surface area (Å²) in [6.07, 6.45) is 0.723. The molecular weight excluding hydrogens is 214 g/mol. The van der Waals surface area contributed by atoms with Crippen molar-refractivity contribution in [3.63, 3.8) is 0 Å². The molecule has 6 nitrogen and oxygen atoms in total. The zero-order chi connectivity index (χ0) is 12.8. The van der Waals surface area contributed by atoms with Gasteiger partial charge in [0.1, 0.15) is 6.10 Å². The van der Waals surface area contributed by atoms with Gasteiger partial charge in [0.2, 0.25) is 0 Å². The Morgan fingerprint density at radius 3 is 2.50 bits per heavy atom. The number of aliphatic hydroxyl groups is 2. The number of ether oxygens (including phenoxy) is 1. The molecule has 0 bridgehead atoms. The molecule has 0 aliphatic rings. The van der Waals surface area contributed by atoms with Crippen LogP contribution in [0, 0.1) is 5.41 Å². The number of rotatable bonds is 5. The van der Waals surface area contributed by atoms with Crippen LogP contribution in [0.25, 0.3) is 0 Å². The number of methoxy groups -OCH3 is 1. The highest BCUT2D eigenvalue weighted by Crippen LogP contribution is 2.19. The highest BCUT2D eigenvalue weighted by atomic mass is 16.5. The lowest BCUT2D eigenvalue weighted by molar-refractivity contribution is -0.136. The van der Waals surface area contributed by atoms with Gasteiger partial charge in [-0.15, -0.1) is 0 Å². The van der Waals surface area contributed by atoms with E-state index < -0.39 is 23.4 Å². The van der Waals surface area contributed by atoms with Crippen molar-refractivity contribution in [1.29, 1.82) is 0 Å². The number of aliphatic hydroxyl groups excluding tert-OH is 2. The van der Waals surface area contributed by atoms with Gasteiger partial charge in [0.25, 0.3) is 5.91 Å². The number of nitrogens with one attached hydrogen (secondary N) is 1. The van der Waals surface area contributed by atoms with Crippen molar-refractivity contribution in [3.8, 4) is 0 Å². The monoisotopic (exact) mass is 231 g/mol. The fourth-order valence-corrected chi connectivity index (χ4v) is 0.780. The number of amides is 1. The van der Waals surface area contributed by atoms with E-state index in [1.165, 1.54) is 7.11 Å². The van der Waals surface area contributed by atoms with E-state index in [0.29, 0.717) is 0 Å². The first-order valence-corrected chi connectivity index (χ1v) is 4.69. The maximum atomic E-state index is 11.3. The first-order chi connectivity index (χ1) is 7.35. The van der Waals surface area contributed by atoms with Crippen LogP contribution in [0.15, 0.2) is 12.3 Å². The Bertz CT molecular complexity index is 285. The molecule has 92 valence electrons. The number of hydrogen-bond acceptors (Lipinski definition) is 5. The molecule has 0 aliphatic carbocycles. The molecule has 0 aromatic heterocycles. The van der Waals surface area contributed by atoms with Gasteiger partial charge in [0.15, 0.2) is 0 Å². The molecule has 0 spiro atoms. The third kappa shape index (κ3) is 4.41. The van der Waals surface area contributed by atoms with Gasteiger partial charge in [-0.1, -0.05) is 13.8 Å². The first kappa shape index (κ1) is 14.6. The zero-order valence-corrected chi connectivity index (χ0v) is 9.56. The lowest BCUT2D eigenvalue weighted by atomic mass is 9.87. The van der Waals surface area contributed by atoms with E-state index in [1.807, 2.05) is 0 Å². The minimum atomic E-state index is -1.36. The molecule has 0 heterocycles. The average molecular weight is 231 g/mol. The fourth-order valence-electron chi connectivity index (χ4n) is 0.780. The second kappa shape index (κ2) is 6.24. The maximum absolute atomic E-state index is 11.3. The van der Waals surface area contributed by atoms with Crippen molar-refractivity contribution >= 4 is 11.9 Å². The number of carbonyl (C=O) groups excluding carboxylic acids is 2. The Balaban J connectivity index is 4.27. The topological polar surface area (TPSA) is 95.9 Å². The van der Waals surface area contributed by atoms with Crippen LogP contribution in [-0.4, -0.2) is 41.9 Å². The summed E-state index contributed by atoms with van der Waals surface area (Å²) in [7, 11) is 1.21. The predicted molar refractivity (Wildman–Crippen MR) is 56.2 cm³/mol. The Labute approximate surface area is 93.9 Å². The van der Waals surface area contributed by atoms with Crippen LogP contribution in [0.5, 0.6) is 0 Å². The molecule has 16 heavy (non-hydrogen) atoms. The summed E-state index contributed by atoms with van der Waals surface area (Å²) in [5, 5.41) is 20.7. The minimum absolute atomic E-state index is 0.331. The van der Waals surface area contributed by atoms with Gasteiger partial charge in [0, 0.05) is 17.7 Å². The van der Waals surface area contributed by atoms with Crippen LogP contribution in [-0.2, 0) is 14.3 Å². The molecule has 0 radical (unpaired) electrons. The van der Waals surface area contributed by atoms with Gasteiger partial charge in [0.05, 0.1) is 13.7 Å². The third-order valence-corrected chi connectivity index (χ3v) is 2.04. The molecule has 1 atom stereocenters. The summed E-state index contributed by atoms with van der Waals surface area (Å²) in [4.78, 5) is 22.0. The largest absolute Gasteiger partial charge is 0.466 e. The molecule has 3 N–H and O–H groups in total. The smallest absolute Gasteiger partial charge is 0.331 e. The molecule has 0 unspecified atom stereocenters. The highest BCUT2D eigenvalue weighted by Gasteiger charge is 2.32. The molecule has 1 amide bonds. The van der Waals surface area contributed by atoms with Gasteiger partial charge in [-0.05, 0) is 0 Å². The standard InChI is InChI=1S/C10H17NO5/c1-10(2,6-12)8(14)9(15)11-5-4-7(13)16-3/h4-5,8,12,14H,6H2,1-3H3,(H,11,15)/b5-4+/t8-/m1/s1. The summed E-state index contributed by atoms with van der Waals surface area (Å²) in [5.74, 6) is -1.31. The van der Waals surface area contributed by atoms with Crippen molar-refractivity contribution in [2.45, 2.75) is 20.0 Å². The molecular formula is C10H17NO5. The Kier molecular flexibility index (Phi) is 5.69. The van der Waals surface area contributed by atoms with Crippen molar-refractivity contribution in [2.24, 2.45) is 5.41 Å². The lowest BCUT2D eigenvalue weighted by Crippen LogP contribution is -2.44. The second-order valence-electron chi connectivity index (χ2n) is 3.91. The molecule has 0 aliphatic heterocycles. The molecule has 0 aromatic carbocycles. The van der Waals surface area contributed by atoms with Crippen molar-refractivity contribution in [1.82, 2.24) is 5.32 Å². The van der Waals surface area contributed by atoms with Crippen LogP contribution >= 0.6 is 0 Å². The third-order valence-electron chi connectivity index (χ3n) is 2.04. The highest BCUT2D eigenvalue weighted by molar-refractivity contribution is 5.85. The molecule has 0 saturated heterocycles. The summed E-state index contributed by atoms with van der Waals surface area (Å²) >= 11 is 0. The van der Waals surface area contributed by atoms with Crippen LogP contribution in [0.3, 0.4) is 0 Å².